The van der Waals surface area contributed by atoms with Gasteiger partial charge in [0.1, 0.15) is 18.1 Å². The van der Waals surface area contributed by atoms with Crippen LogP contribution in [0.25, 0.3) is 0 Å². The van der Waals surface area contributed by atoms with Gasteiger partial charge in [-0.3, -0.25) is 9.59 Å². The highest BCUT2D eigenvalue weighted by Crippen LogP contribution is 2.30. The summed E-state index contributed by atoms with van der Waals surface area (Å²) in [5, 5.41) is 2.94. The van der Waals surface area contributed by atoms with Gasteiger partial charge < -0.3 is 19.4 Å². The molecule has 1 aliphatic heterocycles. The van der Waals surface area contributed by atoms with Crippen LogP contribution in [0, 0.1) is 5.92 Å². The fourth-order valence-electron chi connectivity index (χ4n) is 2.92. The maximum absolute atomic E-state index is 12.3. The molecule has 6 nitrogen and oxygen atoms in total. The molecule has 0 spiro atoms. The summed E-state index contributed by atoms with van der Waals surface area (Å²) in [4.78, 5) is 24.0. The Hall–Kier alpha value is -2.76. The van der Waals surface area contributed by atoms with Gasteiger partial charge >= 0.3 is 0 Å². The zero-order valence-electron chi connectivity index (χ0n) is 14.2. The summed E-state index contributed by atoms with van der Waals surface area (Å²) < 4.78 is 12.5. The Kier molecular flexibility index (Phi) is 5.38. The molecule has 2 heterocycles. The first-order valence-electron chi connectivity index (χ1n) is 8.40. The van der Waals surface area contributed by atoms with Gasteiger partial charge in [-0.1, -0.05) is 6.07 Å². The molecule has 3 rings (SSSR count). The lowest BCUT2D eigenvalue weighted by Crippen LogP contribution is -2.38. The van der Waals surface area contributed by atoms with Crippen molar-refractivity contribution in [2.75, 3.05) is 20.3 Å². The third kappa shape index (κ3) is 4.21. The molecule has 1 unspecified atom stereocenters. The van der Waals surface area contributed by atoms with E-state index in [-0.39, 0.29) is 17.4 Å². The monoisotopic (exact) mass is 342 g/mol. The van der Waals surface area contributed by atoms with Gasteiger partial charge in [0.05, 0.1) is 13.0 Å². The molecular formula is C19H22N2O4. The SMILES string of the molecule is COc1ccc2c(c1)CC(C(=O)NCCCn1ccccc1=O)CO2. The van der Waals surface area contributed by atoms with Crippen LogP contribution >= 0.6 is 0 Å². The van der Waals surface area contributed by atoms with E-state index in [0.717, 1.165) is 17.1 Å². The van der Waals surface area contributed by atoms with Crippen LogP contribution in [0.4, 0.5) is 0 Å². The Bertz CT molecular complexity index is 800. The maximum Gasteiger partial charge on any atom is 0.250 e. The van der Waals surface area contributed by atoms with Crippen LogP contribution in [0.3, 0.4) is 0 Å². The van der Waals surface area contributed by atoms with Crippen molar-refractivity contribution in [2.24, 2.45) is 5.92 Å². The minimum Gasteiger partial charge on any atom is -0.497 e. The molecule has 6 heteroatoms. The second-order valence-corrected chi connectivity index (χ2v) is 6.06. The molecule has 0 bridgehead atoms. The number of nitrogens with zero attached hydrogens (tertiary/aromatic N) is 1. The molecule has 2 aromatic rings. The van der Waals surface area contributed by atoms with Crippen molar-refractivity contribution in [1.82, 2.24) is 9.88 Å². The lowest BCUT2D eigenvalue weighted by Gasteiger charge is -2.25. The summed E-state index contributed by atoms with van der Waals surface area (Å²) >= 11 is 0. The first kappa shape index (κ1) is 17.1. The van der Waals surface area contributed by atoms with E-state index in [9.17, 15) is 9.59 Å². The maximum atomic E-state index is 12.3. The Morgan fingerprint density at radius 3 is 3.04 bits per heavy atom. The van der Waals surface area contributed by atoms with Gasteiger partial charge in [0.25, 0.3) is 0 Å². The van der Waals surface area contributed by atoms with Crippen LogP contribution in [0.1, 0.15) is 12.0 Å². The number of rotatable bonds is 6. The van der Waals surface area contributed by atoms with E-state index in [1.807, 2.05) is 24.3 Å². The lowest BCUT2D eigenvalue weighted by atomic mass is 9.96. The Balaban J connectivity index is 1.49. The van der Waals surface area contributed by atoms with Crippen LogP contribution in [-0.4, -0.2) is 30.7 Å². The second-order valence-electron chi connectivity index (χ2n) is 6.06. The van der Waals surface area contributed by atoms with Crippen LogP contribution < -0.4 is 20.3 Å². The van der Waals surface area contributed by atoms with E-state index in [1.165, 1.54) is 6.07 Å². The first-order chi connectivity index (χ1) is 12.2. The average molecular weight is 342 g/mol. The second kappa shape index (κ2) is 7.88. The van der Waals surface area contributed by atoms with Gasteiger partial charge in [0.15, 0.2) is 0 Å². The van der Waals surface area contributed by atoms with Crippen molar-refractivity contribution < 1.29 is 14.3 Å². The van der Waals surface area contributed by atoms with Gasteiger partial charge in [-0.2, -0.15) is 0 Å². The minimum absolute atomic E-state index is 0.0196. The minimum atomic E-state index is -0.209. The molecular weight excluding hydrogens is 320 g/mol. The number of fused-ring (bicyclic) bond motifs is 1. The number of carbonyl (C=O) groups is 1. The Morgan fingerprint density at radius 1 is 1.36 bits per heavy atom. The number of ether oxygens (including phenoxy) is 2. The van der Waals surface area contributed by atoms with Crippen LogP contribution in [0.5, 0.6) is 11.5 Å². The standard InChI is InChI=1S/C19H22N2O4/c1-24-16-6-7-17-14(12-16)11-15(13-25-17)19(23)20-8-4-10-21-9-3-2-5-18(21)22/h2-3,5-7,9,12,15H,4,8,10-11,13H2,1H3,(H,20,23). The molecule has 1 N–H and O–H groups in total. The third-order valence-corrected chi connectivity index (χ3v) is 4.32. The molecule has 0 saturated heterocycles. The topological polar surface area (TPSA) is 69.6 Å². The molecule has 1 atom stereocenters. The lowest BCUT2D eigenvalue weighted by molar-refractivity contribution is -0.126. The van der Waals surface area contributed by atoms with Crippen LogP contribution in [-0.2, 0) is 17.8 Å². The normalized spacial score (nSPS) is 15.8. The summed E-state index contributed by atoms with van der Waals surface area (Å²) in [7, 11) is 1.62. The van der Waals surface area contributed by atoms with Gasteiger partial charge in [-0.05, 0) is 42.7 Å². The Morgan fingerprint density at radius 2 is 2.24 bits per heavy atom. The zero-order chi connectivity index (χ0) is 17.6. The van der Waals surface area contributed by atoms with Gasteiger partial charge in [0, 0.05) is 25.4 Å². The molecule has 0 saturated carbocycles. The molecule has 25 heavy (non-hydrogen) atoms. The number of benzene rings is 1. The predicted octanol–water partition coefficient (Wildman–Crippen LogP) is 1.61. The largest absolute Gasteiger partial charge is 0.497 e. The highest BCUT2D eigenvalue weighted by Gasteiger charge is 2.26. The van der Waals surface area contributed by atoms with Crippen molar-refractivity contribution in [3.63, 3.8) is 0 Å². The Labute approximate surface area is 146 Å². The highest BCUT2D eigenvalue weighted by molar-refractivity contribution is 5.79. The van der Waals surface area contributed by atoms with E-state index in [2.05, 4.69) is 5.32 Å². The number of hydrogen-bond acceptors (Lipinski definition) is 4. The summed E-state index contributed by atoms with van der Waals surface area (Å²) in [6, 6.07) is 10.7. The van der Waals surface area contributed by atoms with E-state index < -0.39 is 0 Å². The van der Waals surface area contributed by atoms with Gasteiger partial charge in [-0.25, -0.2) is 0 Å². The van der Waals surface area contributed by atoms with Crippen molar-refractivity contribution in [1.29, 1.82) is 0 Å². The molecule has 1 aromatic carbocycles. The molecule has 0 radical (unpaired) electrons. The number of carbonyl (C=O) groups excluding carboxylic acids is 1. The fourth-order valence-corrected chi connectivity index (χ4v) is 2.92. The van der Waals surface area contributed by atoms with Crippen LogP contribution in [0.15, 0.2) is 47.4 Å². The third-order valence-electron chi connectivity index (χ3n) is 4.32. The van der Waals surface area contributed by atoms with E-state index in [4.69, 9.17) is 9.47 Å². The van der Waals surface area contributed by atoms with Crippen LogP contribution in [0.2, 0.25) is 0 Å². The highest BCUT2D eigenvalue weighted by atomic mass is 16.5. The van der Waals surface area contributed by atoms with E-state index in [1.54, 1.807) is 23.9 Å². The molecule has 1 aromatic heterocycles. The average Bonchev–Trinajstić information content (AvgIpc) is 2.65. The first-order valence-corrected chi connectivity index (χ1v) is 8.40. The predicted molar refractivity (Wildman–Crippen MR) is 94.0 cm³/mol. The van der Waals surface area contributed by atoms with Crippen molar-refractivity contribution >= 4 is 5.91 Å². The van der Waals surface area contributed by atoms with E-state index in [0.29, 0.717) is 32.5 Å². The number of nitrogens with one attached hydrogen (secondary N) is 1. The number of aromatic nitrogens is 1. The summed E-state index contributed by atoms with van der Waals surface area (Å²) in [6.45, 7) is 1.49. The number of aryl methyl sites for hydroxylation is 1. The van der Waals surface area contributed by atoms with Crippen molar-refractivity contribution in [3.8, 4) is 11.5 Å². The van der Waals surface area contributed by atoms with Gasteiger partial charge in [-0.15, -0.1) is 0 Å². The van der Waals surface area contributed by atoms with Crippen molar-refractivity contribution in [2.45, 2.75) is 19.4 Å². The molecule has 132 valence electrons. The number of hydrogen-bond donors (Lipinski definition) is 1. The fraction of sp³-hybridized carbons (Fsp3) is 0.368. The number of pyridine rings is 1. The quantitative estimate of drug-likeness (QED) is 0.810. The molecule has 1 aliphatic rings. The van der Waals surface area contributed by atoms with Crippen molar-refractivity contribution in [3.05, 3.63) is 58.5 Å². The van der Waals surface area contributed by atoms with E-state index >= 15 is 0 Å². The summed E-state index contributed by atoms with van der Waals surface area (Å²) in [6.07, 6.45) is 3.09. The smallest absolute Gasteiger partial charge is 0.250 e. The molecule has 1 amide bonds. The molecule has 0 fully saturated rings. The summed E-state index contributed by atoms with van der Waals surface area (Å²) in [5.74, 6) is 1.35. The molecule has 0 aliphatic carbocycles. The van der Waals surface area contributed by atoms with Gasteiger partial charge in [0.2, 0.25) is 11.5 Å². The zero-order valence-corrected chi connectivity index (χ0v) is 14.2. The number of amides is 1. The summed E-state index contributed by atoms with van der Waals surface area (Å²) in [5.41, 5.74) is 0.960. The number of methoxy groups -OCH3 is 1.